The summed E-state index contributed by atoms with van der Waals surface area (Å²) in [6.07, 6.45) is 5.25. The molecule has 0 atom stereocenters. The monoisotopic (exact) mass is 480 g/mol. The molecule has 0 fully saturated rings. The Kier molecular flexibility index (Phi) is 8.32. The second-order valence-electron chi connectivity index (χ2n) is 8.75. The number of nitrogens with one attached hydrogen (secondary N) is 2. The molecule has 0 radical (unpaired) electrons. The molecule has 1 heterocycles. The SMILES string of the molecule is C/C(=C(/c1ccc(OCCNC/C=C/C(=O)N(C)C)cc1)c1ccc2[nH]ncc2c1)c1ccccc1. The van der Waals surface area contributed by atoms with E-state index in [-0.39, 0.29) is 5.91 Å². The minimum atomic E-state index is -0.0197. The second kappa shape index (κ2) is 12.0. The van der Waals surface area contributed by atoms with Crippen LogP contribution >= 0.6 is 0 Å². The summed E-state index contributed by atoms with van der Waals surface area (Å²) < 4.78 is 5.91. The van der Waals surface area contributed by atoms with Crippen LogP contribution in [0.3, 0.4) is 0 Å². The largest absolute Gasteiger partial charge is 0.492 e. The number of carbonyl (C=O) groups is 1. The fourth-order valence-corrected chi connectivity index (χ4v) is 3.98. The Morgan fingerprint density at radius 3 is 2.50 bits per heavy atom. The fraction of sp³-hybridized carbons (Fsp3) is 0.200. The molecule has 0 bridgehead atoms. The van der Waals surface area contributed by atoms with E-state index < -0.39 is 0 Å². The van der Waals surface area contributed by atoms with Gasteiger partial charge in [-0.05, 0) is 59.0 Å². The molecule has 6 heteroatoms. The number of nitrogens with zero attached hydrogens (tertiary/aromatic N) is 2. The molecule has 6 nitrogen and oxygen atoms in total. The summed E-state index contributed by atoms with van der Waals surface area (Å²) in [4.78, 5) is 13.1. The maximum atomic E-state index is 11.5. The Balaban J connectivity index is 1.46. The van der Waals surface area contributed by atoms with Gasteiger partial charge in [0.2, 0.25) is 5.91 Å². The lowest BCUT2D eigenvalue weighted by atomic mass is 9.90. The van der Waals surface area contributed by atoms with Gasteiger partial charge in [-0.1, -0.05) is 54.6 Å². The summed E-state index contributed by atoms with van der Waals surface area (Å²) in [5, 5.41) is 11.5. The van der Waals surface area contributed by atoms with Gasteiger partial charge in [-0.2, -0.15) is 5.10 Å². The van der Waals surface area contributed by atoms with Gasteiger partial charge < -0.3 is 15.0 Å². The summed E-state index contributed by atoms with van der Waals surface area (Å²) in [5.74, 6) is 0.801. The third-order valence-electron chi connectivity index (χ3n) is 5.96. The van der Waals surface area contributed by atoms with E-state index in [1.54, 1.807) is 25.1 Å². The summed E-state index contributed by atoms with van der Waals surface area (Å²) in [7, 11) is 3.47. The summed E-state index contributed by atoms with van der Waals surface area (Å²) in [6, 6.07) is 25.1. The van der Waals surface area contributed by atoms with E-state index in [1.165, 1.54) is 16.7 Å². The molecular weight excluding hydrogens is 448 g/mol. The van der Waals surface area contributed by atoms with Crippen molar-refractivity contribution >= 4 is 28.0 Å². The van der Waals surface area contributed by atoms with Gasteiger partial charge in [0.1, 0.15) is 12.4 Å². The highest BCUT2D eigenvalue weighted by Crippen LogP contribution is 2.34. The zero-order valence-corrected chi connectivity index (χ0v) is 21.0. The van der Waals surface area contributed by atoms with E-state index in [4.69, 9.17) is 4.74 Å². The first kappa shape index (κ1) is 24.9. The Labute approximate surface area is 212 Å². The van der Waals surface area contributed by atoms with Gasteiger partial charge in [-0.3, -0.25) is 9.89 Å². The van der Waals surface area contributed by atoms with Gasteiger partial charge in [-0.15, -0.1) is 0 Å². The molecule has 0 spiro atoms. The van der Waals surface area contributed by atoms with Gasteiger partial charge in [0, 0.05) is 38.6 Å². The maximum absolute atomic E-state index is 11.5. The van der Waals surface area contributed by atoms with Crippen LogP contribution in [0.25, 0.3) is 22.0 Å². The molecule has 4 rings (SSSR count). The van der Waals surface area contributed by atoms with Crippen molar-refractivity contribution < 1.29 is 9.53 Å². The number of allylic oxidation sites excluding steroid dienone is 1. The Bertz CT molecular complexity index is 1350. The molecule has 0 aliphatic rings. The van der Waals surface area contributed by atoms with Crippen LogP contribution in [0, 0.1) is 0 Å². The first-order chi connectivity index (χ1) is 17.5. The van der Waals surface area contributed by atoms with Crippen molar-refractivity contribution in [3.63, 3.8) is 0 Å². The number of ether oxygens (including phenoxy) is 1. The number of amides is 1. The van der Waals surface area contributed by atoms with Crippen molar-refractivity contribution in [1.29, 1.82) is 0 Å². The molecule has 0 unspecified atom stereocenters. The number of aromatic nitrogens is 2. The molecule has 1 amide bonds. The average molecular weight is 481 g/mol. The maximum Gasteiger partial charge on any atom is 0.245 e. The molecule has 36 heavy (non-hydrogen) atoms. The van der Waals surface area contributed by atoms with Crippen LogP contribution in [0.4, 0.5) is 0 Å². The van der Waals surface area contributed by atoms with E-state index >= 15 is 0 Å². The highest BCUT2D eigenvalue weighted by Gasteiger charge is 2.12. The van der Waals surface area contributed by atoms with Crippen LogP contribution in [0.15, 0.2) is 91.1 Å². The Hall–Kier alpha value is -4.16. The Morgan fingerprint density at radius 1 is 1.00 bits per heavy atom. The number of likely N-dealkylation sites (N-methyl/N-ethyl adjacent to an activating group) is 1. The predicted octanol–water partition coefficient (Wildman–Crippen LogP) is 5.15. The third kappa shape index (κ3) is 6.29. The van der Waals surface area contributed by atoms with E-state index in [2.05, 4.69) is 77.0 Å². The van der Waals surface area contributed by atoms with Gasteiger partial charge in [0.15, 0.2) is 0 Å². The van der Waals surface area contributed by atoms with Gasteiger partial charge in [-0.25, -0.2) is 0 Å². The molecule has 184 valence electrons. The normalized spacial score (nSPS) is 12.1. The lowest BCUT2D eigenvalue weighted by Gasteiger charge is -2.15. The number of benzene rings is 3. The van der Waals surface area contributed by atoms with Crippen LogP contribution in [-0.4, -0.2) is 54.8 Å². The minimum Gasteiger partial charge on any atom is -0.492 e. The van der Waals surface area contributed by atoms with Crippen LogP contribution < -0.4 is 10.1 Å². The number of hydrogen-bond acceptors (Lipinski definition) is 4. The lowest BCUT2D eigenvalue weighted by Crippen LogP contribution is -2.22. The molecular formula is C30H32N4O2. The van der Waals surface area contributed by atoms with Crippen molar-refractivity contribution in [1.82, 2.24) is 20.4 Å². The third-order valence-corrected chi connectivity index (χ3v) is 5.96. The minimum absolute atomic E-state index is 0.0197. The predicted molar refractivity (Wildman–Crippen MR) is 147 cm³/mol. The van der Waals surface area contributed by atoms with Gasteiger partial charge in [0.25, 0.3) is 0 Å². The Morgan fingerprint density at radius 2 is 1.75 bits per heavy atom. The van der Waals surface area contributed by atoms with E-state index in [0.717, 1.165) is 27.8 Å². The standard InChI is InChI=1S/C30H32N4O2/c1-22(23-8-5-4-6-9-23)30(25-13-16-28-26(20-25)21-32-33-28)24-11-14-27(15-12-24)36-19-18-31-17-7-10-29(35)34(2)3/h4-16,20-21,31H,17-19H2,1-3H3,(H,32,33)/b10-7+,30-22+. The zero-order valence-electron chi connectivity index (χ0n) is 21.0. The quantitative estimate of drug-likeness (QED) is 0.187. The number of carbonyl (C=O) groups excluding carboxylic acids is 1. The first-order valence-electron chi connectivity index (χ1n) is 12.0. The van der Waals surface area contributed by atoms with E-state index in [9.17, 15) is 4.79 Å². The molecule has 0 aliphatic carbocycles. The van der Waals surface area contributed by atoms with E-state index in [0.29, 0.717) is 19.7 Å². The number of H-pyrrole nitrogens is 1. The average Bonchev–Trinajstić information content (AvgIpc) is 3.37. The van der Waals surface area contributed by atoms with Crippen molar-refractivity contribution in [2.45, 2.75) is 6.92 Å². The molecule has 0 saturated carbocycles. The van der Waals surface area contributed by atoms with Gasteiger partial charge in [0.05, 0.1) is 11.7 Å². The highest BCUT2D eigenvalue weighted by atomic mass is 16.5. The summed E-state index contributed by atoms with van der Waals surface area (Å²) >= 11 is 0. The van der Waals surface area contributed by atoms with Crippen molar-refractivity contribution in [3.8, 4) is 5.75 Å². The molecule has 3 aromatic carbocycles. The molecule has 1 aromatic heterocycles. The number of aromatic amines is 1. The van der Waals surface area contributed by atoms with Crippen LogP contribution in [0.2, 0.25) is 0 Å². The summed E-state index contributed by atoms with van der Waals surface area (Å²) in [6.45, 7) is 4.01. The van der Waals surface area contributed by atoms with Crippen LogP contribution in [0.5, 0.6) is 5.75 Å². The lowest BCUT2D eigenvalue weighted by molar-refractivity contribution is -0.123. The first-order valence-corrected chi connectivity index (χ1v) is 12.0. The fourth-order valence-electron chi connectivity index (χ4n) is 3.98. The van der Waals surface area contributed by atoms with Crippen LogP contribution in [0.1, 0.15) is 23.6 Å². The summed E-state index contributed by atoms with van der Waals surface area (Å²) in [5.41, 5.74) is 6.86. The number of fused-ring (bicyclic) bond motifs is 1. The molecule has 4 aromatic rings. The van der Waals surface area contributed by atoms with Crippen molar-refractivity contribution in [2.75, 3.05) is 33.8 Å². The van der Waals surface area contributed by atoms with Crippen molar-refractivity contribution in [3.05, 3.63) is 108 Å². The second-order valence-corrected chi connectivity index (χ2v) is 8.75. The highest BCUT2D eigenvalue weighted by molar-refractivity contribution is 5.99. The van der Waals surface area contributed by atoms with Gasteiger partial charge >= 0.3 is 0 Å². The molecule has 2 N–H and O–H groups in total. The number of hydrogen-bond donors (Lipinski definition) is 2. The number of rotatable bonds is 10. The molecule has 0 saturated heterocycles. The van der Waals surface area contributed by atoms with Crippen LogP contribution in [-0.2, 0) is 4.79 Å². The molecule has 0 aliphatic heterocycles. The van der Waals surface area contributed by atoms with Crippen molar-refractivity contribution in [2.24, 2.45) is 0 Å². The zero-order chi connectivity index (χ0) is 25.3. The smallest absolute Gasteiger partial charge is 0.245 e. The van der Waals surface area contributed by atoms with E-state index in [1.807, 2.05) is 30.5 Å². The topological polar surface area (TPSA) is 70.2 Å².